The van der Waals surface area contributed by atoms with Crippen LogP contribution in [0, 0.1) is 0 Å². The van der Waals surface area contributed by atoms with Crippen LogP contribution >= 0.6 is 0 Å². The highest BCUT2D eigenvalue weighted by Crippen LogP contribution is 2.08. The predicted molar refractivity (Wildman–Crippen MR) is 67.4 cm³/mol. The number of unbranched alkanes of at least 4 members (excludes halogenated alkanes) is 2. The van der Waals surface area contributed by atoms with E-state index in [-0.39, 0.29) is 17.4 Å². The number of rotatable bonds is 5. The third-order valence-corrected chi connectivity index (χ3v) is 4.70. The van der Waals surface area contributed by atoms with Crippen LogP contribution < -0.4 is 5.73 Å². The van der Waals surface area contributed by atoms with Crippen molar-refractivity contribution in [1.82, 2.24) is 4.90 Å². The molecule has 6 heteroatoms. The Labute approximate surface area is 103 Å². The summed E-state index contributed by atoms with van der Waals surface area (Å²) in [6.45, 7) is 2.69. The van der Waals surface area contributed by atoms with Crippen LogP contribution in [0.4, 0.5) is 0 Å². The van der Waals surface area contributed by atoms with Gasteiger partial charge in [0.05, 0.1) is 17.5 Å². The van der Waals surface area contributed by atoms with Crippen LogP contribution in [0.2, 0.25) is 0 Å². The number of hydrogen-bond donors (Lipinski definition) is 1. The second-order valence-electron chi connectivity index (χ2n) is 4.58. The van der Waals surface area contributed by atoms with Gasteiger partial charge in [-0.1, -0.05) is 26.2 Å². The molecule has 17 heavy (non-hydrogen) atoms. The predicted octanol–water partition coefficient (Wildman–Crippen LogP) is 0.151. The Hall–Kier alpha value is -0.620. The lowest BCUT2D eigenvalue weighted by molar-refractivity contribution is -0.132. The van der Waals surface area contributed by atoms with Gasteiger partial charge in [0.25, 0.3) is 0 Å². The van der Waals surface area contributed by atoms with Gasteiger partial charge in [-0.15, -0.1) is 0 Å². The normalized spacial score (nSPS) is 21.2. The van der Waals surface area contributed by atoms with E-state index in [0.717, 1.165) is 19.3 Å². The van der Waals surface area contributed by atoms with Gasteiger partial charge in [-0.3, -0.25) is 4.79 Å². The van der Waals surface area contributed by atoms with Crippen LogP contribution in [0.5, 0.6) is 0 Å². The van der Waals surface area contributed by atoms with Gasteiger partial charge in [-0.2, -0.15) is 0 Å². The zero-order valence-electron chi connectivity index (χ0n) is 10.4. The van der Waals surface area contributed by atoms with E-state index in [1.165, 1.54) is 0 Å². The summed E-state index contributed by atoms with van der Waals surface area (Å²) in [6.07, 6.45) is 3.82. The van der Waals surface area contributed by atoms with Crippen LogP contribution in [-0.4, -0.2) is 49.9 Å². The summed E-state index contributed by atoms with van der Waals surface area (Å²) in [6, 6.07) is -0.470. The first-order chi connectivity index (χ1) is 7.96. The highest BCUT2D eigenvalue weighted by atomic mass is 32.2. The highest BCUT2D eigenvalue weighted by molar-refractivity contribution is 7.91. The molecule has 1 aliphatic heterocycles. The van der Waals surface area contributed by atoms with E-state index in [0.29, 0.717) is 19.5 Å². The molecule has 1 heterocycles. The molecule has 0 bridgehead atoms. The SMILES string of the molecule is CCCCC[C@H](N)C(=O)N1CCS(=O)(=O)CC1. The van der Waals surface area contributed by atoms with E-state index in [2.05, 4.69) is 6.92 Å². The minimum Gasteiger partial charge on any atom is -0.339 e. The summed E-state index contributed by atoms with van der Waals surface area (Å²) in [7, 11) is -2.93. The van der Waals surface area contributed by atoms with Crippen LogP contribution in [0.15, 0.2) is 0 Å². The fraction of sp³-hybridized carbons (Fsp3) is 0.909. The number of amides is 1. The second kappa shape index (κ2) is 6.35. The van der Waals surface area contributed by atoms with Crippen LogP contribution in [-0.2, 0) is 14.6 Å². The molecule has 1 fully saturated rings. The number of carbonyl (C=O) groups is 1. The average molecular weight is 262 g/mol. The maximum absolute atomic E-state index is 11.9. The molecule has 1 rings (SSSR count). The lowest BCUT2D eigenvalue weighted by atomic mass is 10.1. The van der Waals surface area contributed by atoms with E-state index in [1.807, 2.05) is 0 Å². The molecule has 0 aromatic carbocycles. The van der Waals surface area contributed by atoms with Crippen molar-refractivity contribution in [3.63, 3.8) is 0 Å². The summed E-state index contributed by atoms with van der Waals surface area (Å²) >= 11 is 0. The van der Waals surface area contributed by atoms with Crippen molar-refractivity contribution < 1.29 is 13.2 Å². The molecule has 0 aromatic rings. The van der Waals surface area contributed by atoms with Gasteiger partial charge >= 0.3 is 0 Å². The minimum absolute atomic E-state index is 0.0699. The van der Waals surface area contributed by atoms with Crippen molar-refractivity contribution in [2.24, 2.45) is 5.73 Å². The largest absolute Gasteiger partial charge is 0.339 e. The molecule has 0 spiro atoms. The maximum atomic E-state index is 11.9. The number of carbonyl (C=O) groups excluding carboxylic acids is 1. The Morgan fingerprint density at radius 2 is 1.88 bits per heavy atom. The molecule has 1 aliphatic rings. The number of nitrogens with zero attached hydrogens (tertiary/aromatic N) is 1. The van der Waals surface area contributed by atoms with Gasteiger partial charge in [0.2, 0.25) is 5.91 Å². The zero-order valence-corrected chi connectivity index (χ0v) is 11.2. The molecule has 0 aromatic heterocycles. The molecule has 2 N–H and O–H groups in total. The summed E-state index contributed by atoms with van der Waals surface area (Å²) in [4.78, 5) is 13.5. The lowest BCUT2D eigenvalue weighted by Crippen LogP contribution is -2.50. The van der Waals surface area contributed by atoms with Gasteiger partial charge in [-0.05, 0) is 6.42 Å². The fourth-order valence-corrected chi connectivity index (χ4v) is 3.11. The van der Waals surface area contributed by atoms with E-state index >= 15 is 0 Å². The second-order valence-corrected chi connectivity index (χ2v) is 6.88. The average Bonchev–Trinajstić information content (AvgIpc) is 2.28. The molecule has 100 valence electrons. The Morgan fingerprint density at radius 1 is 1.29 bits per heavy atom. The van der Waals surface area contributed by atoms with Gasteiger partial charge < -0.3 is 10.6 Å². The Balaban J connectivity index is 2.37. The van der Waals surface area contributed by atoms with Crippen LogP contribution in [0.3, 0.4) is 0 Å². The van der Waals surface area contributed by atoms with Crippen molar-refractivity contribution >= 4 is 15.7 Å². The van der Waals surface area contributed by atoms with E-state index in [9.17, 15) is 13.2 Å². The zero-order chi connectivity index (χ0) is 12.9. The quantitative estimate of drug-likeness (QED) is 0.715. The number of sulfone groups is 1. The van der Waals surface area contributed by atoms with Gasteiger partial charge in [0.15, 0.2) is 9.84 Å². The first kappa shape index (κ1) is 14.4. The third kappa shape index (κ3) is 4.63. The molecular weight excluding hydrogens is 240 g/mol. The van der Waals surface area contributed by atoms with Gasteiger partial charge in [0, 0.05) is 13.1 Å². The first-order valence-corrected chi connectivity index (χ1v) is 8.03. The van der Waals surface area contributed by atoms with E-state index < -0.39 is 15.9 Å². The summed E-state index contributed by atoms with van der Waals surface area (Å²) in [5, 5.41) is 0. The fourth-order valence-electron chi connectivity index (χ4n) is 1.91. The molecule has 1 saturated heterocycles. The number of hydrogen-bond acceptors (Lipinski definition) is 4. The maximum Gasteiger partial charge on any atom is 0.239 e. The van der Waals surface area contributed by atoms with Crippen molar-refractivity contribution in [3.8, 4) is 0 Å². The van der Waals surface area contributed by atoms with Crippen LogP contribution in [0.25, 0.3) is 0 Å². The standard InChI is InChI=1S/C11H22N2O3S/c1-2-3-4-5-10(12)11(14)13-6-8-17(15,16)9-7-13/h10H,2-9,12H2,1H3/t10-/m0/s1. The summed E-state index contributed by atoms with van der Waals surface area (Å²) in [5.74, 6) is 0.0388. The minimum atomic E-state index is -2.93. The first-order valence-electron chi connectivity index (χ1n) is 6.21. The summed E-state index contributed by atoms with van der Waals surface area (Å²) in [5.41, 5.74) is 5.82. The van der Waals surface area contributed by atoms with Crippen molar-refractivity contribution in [2.45, 2.75) is 38.6 Å². The Morgan fingerprint density at radius 3 is 2.41 bits per heavy atom. The smallest absolute Gasteiger partial charge is 0.239 e. The monoisotopic (exact) mass is 262 g/mol. The third-order valence-electron chi connectivity index (χ3n) is 3.09. The Kier molecular flexibility index (Phi) is 5.39. The topological polar surface area (TPSA) is 80.5 Å². The van der Waals surface area contributed by atoms with Crippen molar-refractivity contribution in [3.05, 3.63) is 0 Å². The molecule has 0 unspecified atom stereocenters. The van der Waals surface area contributed by atoms with Crippen molar-refractivity contribution in [1.29, 1.82) is 0 Å². The highest BCUT2D eigenvalue weighted by Gasteiger charge is 2.27. The molecule has 1 atom stereocenters. The van der Waals surface area contributed by atoms with Gasteiger partial charge in [0.1, 0.15) is 0 Å². The Bertz CT molecular complexity index is 340. The molecule has 0 saturated carbocycles. The molecule has 0 aliphatic carbocycles. The lowest BCUT2D eigenvalue weighted by Gasteiger charge is -2.29. The van der Waals surface area contributed by atoms with Crippen LogP contribution in [0.1, 0.15) is 32.6 Å². The van der Waals surface area contributed by atoms with Crippen molar-refractivity contribution in [2.75, 3.05) is 24.6 Å². The summed E-state index contributed by atoms with van der Waals surface area (Å²) < 4.78 is 22.5. The number of nitrogens with two attached hydrogens (primary N) is 1. The molecule has 5 nitrogen and oxygen atoms in total. The molecule has 0 radical (unpaired) electrons. The van der Waals surface area contributed by atoms with E-state index in [1.54, 1.807) is 4.90 Å². The van der Waals surface area contributed by atoms with E-state index in [4.69, 9.17) is 5.73 Å². The molecular formula is C11H22N2O3S. The van der Waals surface area contributed by atoms with Gasteiger partial charge in [-0.25, -0.2) is 8.42 Å². The molecule has 1 amide bonds.